The lowest BCUT2D eigenvalue weighted by Gasteiger charge is -2.35. The Morgan fingerprint density at radius 2 is 1.59 bits per heavy atom. The predicted molar refractivity (Wildman–Crippen MR) is 108 cm³/mol. The van der Waals surface area contributed by atoms with Crippen LogP contribution >= 0.6 is 0 Å². The molecule has 7 heteroatoms. The number of ether oxygens (including phenoxy) is 2. The van der Waals surface area contributed by atoms with Gasteiger partial charge in [0.25, 0.3) is 5.54 Å². The Hall–Kier alpha value is -2.41. The standard InChI is InChI=1S/C22H32N2O5/c1-4-28-20(26)22(23-17(3)25,21(27)29-5-2)16-24-13-11-19(12-14-24)15-18-9-7-6-8-10-18/h6-10,19H,4-5,11-16H2,1-3H3,(H,23,25)/p+1. The van der Waals surface area contributed by atoms with Crippen LogP contribution in [0.15, 0.2) is 30.3 Å². The Kier molecular flexibility index (Phi) is 8.64. The van der Waals surface area contributed by atoms with Crippen molar-refractivity contribution in [3.05, 3.63) is 35.9 Å². The minimum absolute atomic E-state index is 0.119. The van der Waals surface area contributed by atoms with Crippen molar-refractivity contribution < 1.29 is 28.8 Å². The van der Waals surface area contributed by atoms with E-state index in [0.29, 0.717) is 5.92 Å². The molecule has 1 aliphatic rings. The quantitative estimate of drug-likeness (QED) is 0.462. The highest BCUT2D eigenvalue weighted by Gasteiger charge is 2.53. The lowest BCUT2D eigenvalue weighted by Crippen LogP contribution is -3.16. The van der Waals surface area contributed by atoms with Gasteiger partial charge in [0.05, 0.1) is 26.3 Å². The Morgan fingerprint density at radius 3 is 2.07 bits per heavy atom. The fraction of sp³-hybridized carbons (Fsp3) is 0.591. The van der Waals surface area contributed by atoms with Gasteiger partial charge >= 0.3 is 11.9 Å². The van der Waals surface area contributed by atoms with Gasteiger partial charge in [-0.05, 0) is 44.6 Å². The summed E-state index contributed by atoms with van der Waals surface area (Å²) in [6, 6.07) is 10.4. The summed E-state index contributed by atoms with van der Waals surface area (Å²) < 4.78 is 10.3. The molecule has 7 nitrogen and oxygen atoms in total. The van der Waals surface area contributed by atoms with Crippen molar-refractivity contribution in [2.45, 2.75) is 45.6 Å². The molecule has 0 aromatic heterocycles. The molecule has 1 saturated heterocycles. The Morgan fingerprint density at radius 1 is 1.03 bits per heavy atom. The molecular weight excluding hydrogens is 372 g/mol. The zero-order chi connectivity index (χ0) is 21.3. The van der Waals surface area contributed by atoms with E-state index in [-0.39, 0.29) is 19.8 Å². The fourth-order valence-corrected chi connectivity index (χ4v) is 3.97. The average Bonchev–Trinajstić information content (AvgIpc) is 2.69. The normalized spacial score (nSPS) is 19.3. The molecule has 0 aliphatic carbocycles. The van der Waals surface area contributed by atoms with Gasteiger partial charge in [-0.1, -0.05) is 30.3 Å². The van der Waals surface area contributed by atoms with Crippen molar-refractivity contribution in [1.82, 2.24) is 5.32 Å². The third-order valence-electron chi connectivity index (χ3n) is 5.33. The van der Waals surface area contributed by atoms with Gasteiger partial charge in [0.2, 0.25) is 5.91 Å². The molecule has 1 aliphatic heterocycles. The van der Waals surface area contributed by atoms with E-state index in [2.05, 4.69) is 29.6 Å². The minimum Gasteiger partial charge on any atom is -0.464 e. The van der Waals surface area contributed by atoms with E-state index in [1.807, 2.05) is 6.07 Å². The second-order valence-corrected chi connectivity index (χ2v) is 7.59. The number of piperidine rings is 1. The van der Waals surface area contributed by atoms with Crippen LogP contribution in [0, 0.1) is 5.92 Å². The van der Waals surface area contributed by atoms with Crippen LogP contribution < -0.4 is 10.2 Å². The zero-order valence-corrected chi connectivity index (χ0v) is 17.7. The van der Waals surface area contributed by atoms with Crippen molar-refractivity contribution in [2.24, 2.45) is 5.92 Å². The second kappa shape index (κ2) is 11.0. The Bertz CT molecular complexity index is 666. The minimum atomic E-state index is -1.81. The second-order valence-electron chi connectivity index (χ2n) is 7.59. The highest BCUT2D eigenvalue weighted by molar-refractivity contribution is 6.07. The molecule has 160 valence electrons. The molecule has 29 heavy (non-hydrogen) atoms. The molecule has 0 unspecified atom stereocenters. The first-order valence-electron chi connectivity index (χ1n) is 10.4. The first kappa shape index (κ1) is 22.9. The highest BCUT2D eigenvalue weighted by atomic mass is 16.6. The summed E-state index contributed by atoms with van der Waals surface area (Å²) >= 11 is 0. The number of quaternary nitrogens is 1. The van der Waals surface area contributed by atoms with Crippen LogP contribution in [-0.4, -0.2) is 56.2 Å². The van der Waals surface area contributed by atoms with Crippen molar-refractivity contribution in [2.75, 3.05) is 32.8 Å². The molecule has 1 aromatic rings. The van der Waals surface area contributed by atoms with Crippen LogP contribution in [0.5, 0.6) is 0 Å². The van der Waals surface area contributed by atoms with Gasteiger partial charge in [0, 0.05) is 6.92 Å². The summed E-state index contributed by atoms with van der Waals surface area (Å²) in [7, 11) is 0. The average molecular weight is 406 g/mol. The molecule has 1 heterocycles. The van der Waals surface area contributed by atoms with Gasteiger partial charge in [-0.3, -0.25) is 4.79 Å². The maximum Gasteiger partial charge on any atom is 0.349 e. The van der Waals surface area contributed by atoms with Crippen LogP contribution in [0.25, 0.3) is 0 Å². The topological polar surface area (TPSA) is 86.1 Å². The molecule has 0 atom stereocenters. The molecule has 1 aromatic carbocycles. The largest absolute Gasteiger partial charge is 0.464 e. The van der Waals surface area contributed by atoms with Crippen molar-refractivity contribution >= 4 is 17.8 Å². The van der Waals surface area contributed by atoms with Crippen LogP contribution in [0.2, 0.25) is 0 Å². The molecule has 0 bridgehead atoms. The van der Waals surface area contributed by atoms with E-state index in [4.69, 9.17) is 9.47 Å². The van der Waals surface area contributed by atoms with Gasteiger partial charge in [-0.2, -0.15) is 0 Å². The van der Waals surface area contributed by atoms with Crippen LogP contribution in [0.3, 0.4) is 0 Å². The number of amides is 1. The van der Waals surface area contributed by atoms with Crippen molar-refractivity contribution in [3.8, 4) is 0 Å². The number of rotatable bonds is 9. The van der Waals surface area contributed by atoms with Crippen LogP contribution in [0.1, 0.15) is 39.2 Å². The SMILES string of the molecule is CCOC(=O)C(C[NH+]1CCC(Cc2ccccc2)CC1)(NC(C)=O)C(=O)OCC. The molecule has 2 N–H and O–H groups in total. The molecule has 2 rings (SSSR count). The summed E-state index contributed by atoms with van der Waals surface area (Å²) in [4.78, 5) is 38.4. The van der Waals surface area contributed by atoms with Gasteiger partial charge < -0.3 is 19.7 Å². The van der Waals surface area contributed by atoms with Crippen LogP contribution in [0.4, 0.5) is 0 Å². The van der Waals surface area contributed by atoms with E-state index >= 15 is 0 Å². The van der Waals surface area contributed by atoms with E-state index in [1.165, 1.54) is 12.5 Å². The number of benzene rings is 1. The summed E-state index contributed by atoms with van der Waals surface area (Å²) in [6.45, 7) is 6.63. The monoisotopic (exact) mass is 405 g/mol. The number of likely N-dealkylation sites (tertiary alicyclic amines) is 1. The van der Waals surface area contributed by atoms with Gasteiger partial charge in [-0.15, -0.1) is 0 Å². The number of nitrogens with one attached hydrogen (secondary N) is 2. The third kappa shape index (κ3) is 6.29. The predicted octanol–water partition coefficient (Wildman–Crippen LogP) is 0.525. The number of carbonyl (C=O) groups excluding carboxylic acids is 3. The summed E-state index contributed by atoms with van der Waals surface area (Å²) in [6.07, 6.45) is 3.01. The van der Waals surface area contributed by atoms with Gasteiger partial charge in [0.15, 0.2) is 0 Å². The van der Waals surface area contributed by atoms with E-state index in [0.717, 1.165) is 37.3 Å². The number of carbonyl (C=O) groups is 3. The smallest absolute Gasteiger partial charge is 0.349 e. The first-order chi connectivity index (χ1) is 13.9. The maximum atomic E-state index is 12.7. The highest BCUT2D eigenvalue weighted by Crippen LogP contribution is 2.17. The zero-order valence-electron chi connectivity index (χ0n) is 17.7. The Balaban J connectivity index is 2.09. The third-order valence-corrected chi connectivity index (χ3v) is 5.33. The summed E-state index contributed by atoms with van der Waals surface area (Å²) in [5.41, 5.74) is -0.481. The molecule has 0 spiro atoms. The molecule has 0 saturated carbocycles. The number of hydrogen-bond acceptors (Lipinski definition) is 5. The first-order valence-corrected chi connectivity index (χ1v) is 10.4. The number of hydrogen-bond donors (Lipinski definition) is 2. The van der Waals surface area contributed by atoms with E-state index in [1.54, 1.807) is 13.8 Å². The lowest BCUT2D eigenvalue weighted by molar-refractivity contribution is -0.908. The molecule has 1 fully saturated rings. The number of esters is 2. The summed E-state index contributed by atoms with van der Waals surface area (Å²) in [5.74, 6) is -1.41. The maximum absolute atomic E-state index is 12.7. The van der Waals surface area contributed by atoms with Crippen molar-refractivity contribution in [3.63, 3.8) is 0 Å². The van der Waals surface area contributed by atoms with Crippen LogP contribution in [-0.2, 0) is 30.3 Å². The van der Waals surface area contributed by atoms with E-state index < -0.39 is 23.4 Å². The molecule has 0 radical (unpaired) electrons. The molecule has 1 amide bonds. The van der Waals surface area contributed by atoms with Gasteiger partial charge in [0.1, 0.15) is 6.54 Å². The fourth-order valence-electron chi connectivity index (χ4n) is 3.97. The molecular formula is C22H33N2O5+. The lowest BCUT2D eigenvalue weighted by atomic mass is 9.89. The van der Waals surface area contributed by atoms with E-state index in [9.17, 15) is 14.4 Å². The summed E-state index contributed by atoms with van der Waals surface area (Å²) in [5, 5.41) is 2.55. The van der Waals surface area contributed by atoms with Gasteiger partial charge in [-0.25, -0.2) is 9.59 Å². The van der Waals surface area contributed by atoms with Crippen molar-refractivity contribution in [1.29, 1.82) is 0 Å². The Labute approximate surface area is 172 Å².